The minimum absolute atomic E-state index is 0.0531. The Morgan fingerprint density at radius 2 is 1.86 bits per heavy atom. The van der Waals surface area contributed by atoms with E-state index in [-0.39, 0.29) is 17.9 Å². The van der Waals surface area contributed by atoms with Crippen LogP contribution >= 0.6 is 0 Å². The van der Waals surface area contributed by atoms with Crippen molar-refractivity contribution in [2.45, 2.75) is 52.7 Å². The Labute approximate surface area is 214 Å². The van der Waals surface area contributed by atoms with E-state index in [2.05, 4.69) is 10.1 Å². The van der Waals surface area contributed by atoms with Crippen LogP contribution in [0.15, 0.2) is 50.8 Å². The molecule has 0 bridgehead atoms. The van der Waals surface area contributed by atoms with Gasteiger partial charge in [0.1, 0.15) is 12.1 Å². The molecule has 0 saturated heterocycles. The number of fused-ring (bicyclic) bond motifs is 1. The molecule has 3 N–H and O–H groups in total. The fourth-order valence-corrected chi connectivity index (χ4v) is 4.64. The van der Waals surface area contributed by atoms with E-state index in [0.717, 1.165) is 17.7 Å². The first-order valence-corrected chi connectivity index (χ1v) is 12.8. The summed E-state index contributed by atoms with van der Waals surface area (Å²) in [6.07, 6.45) is 4.74. The van der Waals surface area contributed by atoms with E-state index >= 15 is 0 Å². The zero-order valence-electron chi connectivity index (χ0n) is 21.5. The van der Waals surface area contributed by atoms with Crippen molar-refractivity contribution in [2.75, 3.05) is 32.0 Å². The molecule has 1 aromatic carbocycles. The lowest BCUT2D eigenvalue weighted by Gasteiger charge is -2.20. The molecule has 0 aliphatic rings. The Hall–Kier alpha value is -3.70. The lowest BCUT2D eigenvalue weighted by Crippen LogP contribution is -2.41. The van der Waals surface area contributed by atoms with Gasteiger partial charge < -0.3 is 19.9 Å². The number of aromatic nitrogens is 5. The number of benzene rings is 1. The third-order valence-corrected chi connectivity index (χ3v) is 6.65. The number of aliphatic hydroxyl groups is 1. The molecule has 0 saturated carbocycles. The zero-order chi connectivity index (χ0) is 26.4. The number of nitrogens with zero attached hydrogens (tertiary/aromatic N) is 6. The fourth-order valence-electron chi connectivity index (χ4n) is 4.64. The number of hydrogen-bond donors (Lipinski definition) is 2. The third-order valence-electron chi connectivity index (χ3n) is 6.65. The maximum absolute atomic E-state index is 13.7. The quantitative estimate of drug-likeness (QED) is 0.259. The van der Waals surface area contributed by atoms with Gasteiger partial charge in [0.05, 0.1) is 12.8 Å². The number of para-hydroxylation sites is 1. The van der Waals surface area contributed by atoms with Crippen LogP contribution in [0.2, 0.25) is 0 Å². The van der Waals surface area contributed by atoms with Crippen molar-refractivity contribution in [1.29, 1.82) is 0 Å². The van der Waals surface area contributed by atoms with Gasteiger partial charge in [-0.15, -0.1) is 0 Å². The lowest BCUT2D eigenvalue weighted by atomic mass is 10.1. The Morgan fingerprint density at radius 1 is 1.05 bits per heavy atom. The molecule has 0 aliphatic carbocycles. The van der Waals surface area contributed by atoms with Crippen LogP contribution in [-0.4, -0.2) is 60.1 Å². The van der Waals surface area contributed by atoms with Crippen LogP contribution in [0.5, 0.6) is 0 Å². The van der Waals surface area contributed by atoms with Crippen molar-refractivity contribution in [2.24, 2.45) is 0 Å². The summed E-state index contributed by atoms with van der Waals surface area (Å²) in [4.78, 5) is 34.1. The maximum atomic E-state index is 13.7. The van der Waals surface area contributed by atoms with Crippen LogP contribution in [0.1, 0.15) is 37.2 Å². The van der Waals surface area contributed by atoms with Gasteiger partial charge >= 0.3 is 5.69 Å². The first-order chi connectivity index (χ1) is 18.0. The zero-order valence-corrected chi connectivity index (χ0v) is 21.5. The molecule has 4 aromatic rings. The molecular formula is C26H35N7O4. The Bertz CT molecular complexity index is 1440. The summed E-state index contributed by atoms with van der Waals surface area (Å²) in [5, 5.41) is 13.2. The van der Waals surface area contributed by atoms with Crippen molar-refractivity contribution in [3.05, 3.63) is 74.5 Å². The second kappa shape index (κ2) is 12.0. The fraction of sp³-hybridized carbons (Fsp3) is 0.462. The number of nitrogens with two attached hydrogens (primary N) is 1. The molecule has 0 aliphatic heterocycles. The largest absolute Gasteiger partial charge is 0.399 e. The van der Waals surface area contributed by atoms with E-state index in [4.69, 9.17) is 15.2 Å². The normalized spacial score (nSPS) is 11.7. The number of aryl methyl sites for hydroxylation is 2. The number of hydrogen-bond acceptors (Lipinski definition) is 8. The average molecular weight is 510 g/mol. The standard InChI is InChI=1S/C26H35N7O4/c1-3-10-33-25(35)23-24(32(26(33)36)11-9-20-7-5-6-8-21(20)27)29-22(16-19-17-28-37-18-19)31(23)13-12-30(4-2)14-15-34/h5-8,17-18,34H,3-4,9-16,27H2,1-2H3. The van der Waals surface area contributed by atoms with Crippen molar-refractivity contribution in [3.63, 3.8) is 0 Å². The lowest BCUT2D eigenvalue weighted by molar-refractivity contribution is 0.197. The average Bonchev–Trinajstić information content (AvgIpc) is 3.53. The predicted molar refractivity (Wildman–Crippen MR) is 142 cm³/mol. The summed E-state index contributed by atoms with van der Waals surface area (Å²) in [5.74, 6) is 0.650. The first-order valence-electron chi connectivity index (χ1n) is 12.8. The van der Waals surface area contributed by atoms with Gasteiger partial charge in [0.2, 0.25) is 0 Å². The first kappa shape index (κ1) is 26.4. The second-order valence-electron chi connectivity index (χ2n) is 9.06. The Morgan fingerprint density at radius 3 is 2.54 bits per heavy atom. The van der Waals surface area contributed by atoms with Gasteiger partial charge in [0, 0.05) is 50.4 Å². The number of anilines is 1. The summed E-state index contributed by atoms with van der Waals surface area (Å²) in [7, 11) is 0. The van der Waals surface area contributed by atoms with E-state index in [1.807, 2.05) is 42.7 Å². The molecule has 37 heavy (non-hydrogen) atoms. The Balaban J connectivity index is 1.86. The summed E-state index contributed by atoms with van der Waals surface area (Å²) in [6, 6.07) is 7.57. The van der Waals surface area contributed by atoms with Crippen molar-refractivity contribution in [1.82, 2.24) is 28.7 Å². The summed E-state index contributed by atoms with van der Waals surface area (Å²) in [6.45, 7) is 7.07. The molecule has 0 amide bonds. The summed E-state index contributed by atoms with van der Waals surface area (Å²) >= 11 is 0. The molecule has 0 atom stereocenters. The maximum Gasteiger partial charge on any atom is 0.332 e. The SMILES string of the molecule is CCCn1c(=O)c2c(nc(Cc3cnoc3)n2CCN(CC)CCO)n(CCc2ccccc2N)c1=O. The number of likely N-dealkylation sites (N-methyl/N-ethyl adjacent to an activating group) is 1. The van der Waals surface area contributed by atoms with E-state index in [9.17, 15) is 14.7 Å². The van der Waals surface area contributed by atoms with Gasteiger partial charge in [-0.25, -0.2) is 9.78 Å². The van der Waals surface area contributed by atoms with E-state index in [1.165, 1.54) is 4.57 Å². The van der Waals surface area contributed by atoms with Crippen LogP contribution in [-0.2, 0) is 32.5 Å². The van der Waals surface area contributed by atoms with Crippen molar-refractivity contribution >= 4 is 16.9 Å². The van der Waals surface area contributed by atoms with Gasteiger partial charge in [-0.1, -0.05) is 37.2 Å². The van der Waals surface area contributed by atoms with Crippen LogP contribution in [0.25, 0.3) is 11.2 Å². The molecule has 11 heteroatoms. The highest BCUT2D eigenvalue weighted by Gasteiger charge is 2.22. The third kappa shape index (κ3) is 5.67. The van der Waals surface area contributed by atoms with E-state index in [1.54, 1.807) is 17.0 Å². The van der Waals surface area contributed by atoms with Crippen LogP contribution < -0.4 is 17.0 Å². The van der Waals surface area contributed by atoms with Gasteiger partial charge in [-0.3, -0.25) is 18.8 Å². The van der Waals surface area contributed by atoms with Gasteiger partial charge in [-0.2, -0.15) is 0 Å². The molecule has 11 nitrogen and oxygen atoms in total. The number of rotatable bonds is 13. The number of aliphatic hydroxyl groups excluding tert-OH is 1. The van der Waals surface area contributed by atoms with Crippen LogP contribution in [0, 0.1) is 0 Å². The number of imidazole rings is 1. The van der Waals surface area contributed by atoms with Gasteiger partial charge in [0.25, 0.3) is 5.56 Å². The highest BCUT2D eigenvalue weighted by Crippen LogP contribution is 2.18. The molecule has 0 radical (unpaired) electrons. The molecular weight excluding hydrogens is 474 g/mol. The minimum atomic E-state index is -0.370. The van der Waals surface area contributed by atoms with E-state index in [0.29, 0.717) is 74.7 Å². The van der Waals surface area contributed by atoms with Gasteiger partial charge in [0.15, 0.2) is 11.2 Å². The van der Waals surface area contributed by atoms with Crippen LogP contribution in [0.3, 0.4) is 0 Å². The van der Waals surface area contributed by atoms with Crippen LogP contribution in [0.4, 0.5) is 5.69 Å². The molecule has 0 spiro atoms. The highest BCUT2D eigenvalue weighted by molar-refractivity contribution is 5.71. The van der Waals surface area contributed by atoms with Crippen molar-refractivity contribution < 1.29 is 9.63 Å². The highest BCUT2D eigenvalue weighted by atomic mass is 16.5. The molecule has 0 fully saturated rings. The van der Waals surface area contributed by atoms with E-state index < -0.39 is 0 Å². The smallest absolute Gasteiger partial charge is 0.332 e. The minimum Gasteiger partial charge on any atom is -0.399 e. The molecule has 3 aromatic heterocycles. The molecule has 3 heterocycles. The summed E-state index contributed by atoms with van der Waals surface area (Å²) < 4.78 is 9.82. The predicted octanol–water partition coefficient (Wildman–Crippen LogP) is 1.49. The number of nitrogen functional groups attached to an aromatic ring is 1. The topological polar surface area (TPSA) is 137 Å². The molecule has 0 unspecified atom stereocenters. The second-order valence-corrected chi connectivity index (χ2v) is 9.06. The molecule has 4 rings (SSSR count). The van der Waals surface area contributed by atoms with Crippen molar-refractivity contribution in [3.8, 4) is 0 Å². The molecule has 198 valence electrons. The monoisotopic (exact) mass is 509 g/mol. The Kier molecular flexibility index (Phi) is 8.57. The summed E-state index contributed by atoms with van der Waals surface area (Å²) in [5.41, 5.74) is 8.62. The van der Waals surface area contributed by atoms with Gasteiger partial charge in [-0.05, 0) is 31.0 Å².